The third-order valence-corrected chi connectivity index (χ3v) is 3.46. The van der Waals surface area contributed by atoms with Crippen molar-refractivity contribution in [2.45, 2.75) is 25.7 Å². The van der Waals surface area contributed by atoms with Gasteiger partial charge in [0.25, 0.3) is 0 Å². The summed E-state index contributed by atoms with van der Waals surface area (Å²) in [6.45, 7) is 2.16. The van der Waals surface area contributed by atoms with Gasteiger partial charge in [-0.15, -0.1) is 0 Å². The number of carbonyl (C=O) groups is 1. The molecule has 0 amide bonds. The van der Waals surface area contributed by atoms with E-state index >= 15 is 0 Å². The van der Waals surface area contributed by atoms with Crippen LogP contribution in [0.2, 0.25) is 5.02 Å². The fourth-order valence-corrected chi connectivity index (χ4v) is 2.47. The molecule has 0 aliphatic heterocycles. The van der Waals surface area contributed by atoms with E-state index in [1.807, 2.05) is 0 Å². The molecule has 0 unspecified atom stereocenters. The van der Waals surface area contributed by atoms with Crippen LogP contribution in [0.1, 0.15) is 41.6 Å². The van der Waals surface area contributed by atoms with Gasteiger partial charge in [0.2, 0.25) is 0 Å². The van der Waals surface area contributed by atoms with Crippen molar-refractivity contribution in [3.05, 3.63) is 34.6 Å². The number of aromatic nitrogens is 2. The molecule has 94 valence electrons. The summed E-state index contributed by atoms with van der Waals surface area (Å²) in [5, 5.41) is 4.84. The summed E-state index contributed by atoms with van der Waals surface area (Å²) in [5.74, 6) is 0.0916. The summed E-state index contributed by atoms with van der Waals surface area (Å²) in [4.78, 5) is 12.0. The molecule has 3 rings (SSSR count). The average Bonchev–Trinajstić information content (AvgIpc) is 3.13. The van der Waals surface area contributed by atoms with E-state index in [4.69, 9.17) is 16.3 Å². The Morgan fingerprint density at radius 1 is 1.61 bits per heavy atom. The molecule has 0 N–H and O–H groups in total. The van der Waals surface area contributed by atoms with Gasteiger partial charge in [0.1, 0.15) is 0 Å². The highest BCUT2D eigenvalue weighted by Gasteiger charge is 2.32. The first-order valence-corrected chi connectivity index (χ1v) is 6.43. The van der Waals surface area contributed by atoms with Crippen LogP contribution in [0.3, 0.4) is 0 Å². The Morgan fingerprint density at radius 2 is 2.39 bits per heavy atom. The van der Waals surface area contributed by atoms with Gasteiger partial charge in [0.05, 0.1) is 28.9 Å². The molecule has 0 aromatic carbocycles. The van der Waals surface area contributed by atoms with E-state index in [9.17, 15) is 4.79 Å². The summed E-state index contributed by atoms with van der Waals surface area (Å²) < 4.78 is 6.80. The topological polar surface area (TPSA) is 43.6 Å². The van der Waals surface area contributed by atoms with Gasteiger partial charge in [-0.25, -0.2) is 9.31 Å². The number of hydrogen-bond donors (Lipinski definition) is 0. The molecule has 2 aromatic heterocycles. The van der Waals surface area contributed by atoms with Crippen LogP contribution in [0.4, 0.5) is 0 Å². The first-order chi connectivity index (χ1) is 8.72. The minimum absolute atomic E-state index is 0.313. The fourth-order valence-electron chi connectivity index (χ4n) is 2.22. The Hall–Kier alpha value is -1.55. The molecule has 1 fully saturated rings. The number of nitrogens with zero attached hydrogens (tertiary/aromatic N) is 2. The second kappa shape index (κ2) is 4.28. The lowest BCUT2D eigenvalue weighted by atomic mass is 10.1. The first kappa shape index (κ1) is 11.5. The molecular formula is C13H13ClN2O2. The van der Waals surface area contributed by atoms with Gasteiger partial charge >= 0.3 is 5.97 Å². The van der Waals surface area contributed by atoms with Crippen LogP contribution in [-0.2, 0) is 4.74 Å². The standard InChI is InChI=1S/C13H13ClN2O2/c1-2-18-13(17)9-7-15-16-6-5-10(14)12(16)11(9)8-3-4-8/h5-8H,2-4H2,1H3. The lowest BCUT2D eigenvalue weighted by Crippen LogP contribution is -2.10. The van der Waals surface area contributed by atoms with Gasteiger partial charge in [0, 0.05) is 6.20 Å². The van der Waals surface area contributed by atoms with E-state index in [0.717, 1.165) is 23.9 Å². The number of ether oxygens (including phenoxy) is 1. The fraction of sp³-hybridized carbons (Fsp3) is 0.385. The van der Waals surface area contributed by atoms with Crippen molar-refractivity contribution in [2.24, 2.45) is 0 Å². The SMILES string of the molecule is CCOC(=O)c1cnn2ccc(Cl)c2c1C1CC1. The Kier molecular flexibility index (Phi) is 2.74. The van der Waals surface area contributed by atoms with Crippen LogP contribution >= 0.6 is 11.6 Å². The van der Waals surface area contributed by atoms with Gasteiger partial charge in [-0.2, -0.15) is 5.10 Å². The maximum atomic E-state index is 12.0. The molecule has 1 aliphatic rings. The zero-order valence-electron chi connectivity index (χ0n) is 10.0. The van der Waals surface area contributed by atoms with Crippen LogP contribution in [-0.4, -0.2) is 22.2 Å². The summed E-state index contributed by atoms with van der Waals surface area (Å²) in [6.07, 6.45) is 5.56. The molecule has 0 radical (unpaired) electrons. The lowest BCUT2D eigenvalue weighted by molar-refractivity contribution is 0.0524. The van der Waals surface area contributed by atoms with E-state index in [2.05, 4.69) is 5.10 Å². The highest BCUT2D eigenvalue weighted by atomic mass is 35.5. The molecule has 0 saturated heterocycles. The highest BCUT2D eigenvalue weighted by molar-refractivity contribution is 6.34. The molecule has 18 heavy (non-hydrogen) atoms. The Bertz CT molecular complexity index is 617. The quantitative estimate of drug-likeness (QED) is 0.801. The second-order valence-corrected chi connectivity index (χ2v) is 4.83. The largest absolute Gasteiger partial charge is 0.462 e. The minimum atomic E-state index is -0.313. The molecule has 0 atom stereocenters. The lowest BCUT2D eigenvalue weighted by Gasteiger charge is -2.10. The van der Waals surface area contributed by atoms with Crippen molar-refractivity contribution >= 4 is 23.1 Å². The predicted molar refractivity (Wildman–Crippen MR) is 68.1 cm³/mol. The van der Waals surface area contributed by atoms with E-state index < -0.39 is 0 Å². The number of rotatable bonds is 3. The molecular weight excluding hydrogens is 252 g/mol. The van der Waals surface area contributed by atoms with E-state index in [-0.39, 0.29) is 5.97 Å². The van der Waals surface area contributed by atoms with Crippen LogP contribution in [0.5, 0.6) is 0 Å². The zero-order valence-corrected chi connectivity index (χ0v) is 10.8. The molecule has 2 aromatic rings. The zero-order chi connectivity index (χ0) is 12.7. The van der Waals surface area contributed by atoms with Crippen molar-refractivity contribution in [3.63, 3.8) is 0 Å². The van der Waals surface area contributed by atoms with Crippen LogP contribution in [0.15, 0.2) is 18.5 Å². The van der Waals surface area contributed by atoms with Crippen molar-refractivity contribution < 1.29 is 9.53 Å². The second-order valence-electron chi connectivity index (χ2n) is 4.42. The number of fused-ring (bicyclic) bond motifs is 1. The summed E-state index contributed by atoms with van der Waals surface area (Å²) in [7, 11) is 0. The van der Waals surface area contributed by atoms with Crippen molar-refractivity contribution in [1.82, 2.24) is 9.61 Å². The molecule has 2 heterocycles. The number of hydrogen-bond acceptors (Lipinski definition) is 3. The van der Waals surface area contributed by atoms with E-state index in [1.54, 1.807) is 29.9 Å². The Balaban J connectivity index is 2.21. The first-order valence-electron chi connectivity index (χ1n) is 6.05. The van der Waals surface area contributed by atoms with E-state index in [1.165, 1.54) is 0 Å². The van der Waals surface area contributed by atoms with Crippen molar-refractivity contribution in [1.29, 1.82) is 0 Å². The Labute approximate surface area is 109 Å². The van der Waals surface area contributed by atoms with Crippen molar-refractivity contribution in [3.8, 4) is 0 Å². The van der Waals surface area contributed by atoms with Crippen LogP contribution in [0, 0.1) is 0 Å². The van der Waals surface area contributed by atoms with Gasteiger partial charge < -0.3 is 4.74 Å². The highest BCUT2D eigenvalue weighted by Crippen LogP contribution is 2.45. The third-order valence-electron chi connectivity index (χ3n) is 3.15. The maximum absolute atomic E-state index is 12.0. The van der Waals surface area contributed by atoms with E-state index in [0.29, 0.717) is 23.1 Å². The molecule has 5 heteroatoms. The van der Waals surface area contributed by atoms with Crippen LogP contribution < -0.4 is 0 Å². The molecule has 4 nitrogen and oxygen atoms in total. The van der Waals surface area contributed by atoms with Gasteiger partial charge in [-0.05, 0) is 37.3 Å². The third kappa shape index (κ3) is 1.77. The Morgan fingerprint density at radius 3 is 3.06 bits per heavy atom. The van der Waals surface area contributed by atoms with Gasteiger partial charge in [0.15, 0.2) is 0 Å². The predicted octanol–water partition coefficient (Wildman–Crippen LogP) is 3.04. The minimum Gasteiger partial charge on any atom is -0.462 e. The summed E-state index contributed by atoms with van der Waals surface area (Å²) >= 11 is 6.19. The average molecular weight is 265 g/mol. The normalized spacial score (nSPS) is 15.0. The smallest absolute Gasteiger partial charge is 0.340 e. The maximum Gasteiger partial charge on any atom is 0.340 e. The number of halogens is 1. The van der Waals surface area contributed by atoms with Crippen LogP contribution in [0.25, 0.3) is 5.52 Å². The van der Waals surface area contributed by atoms with Gasteiger partial charge in [-0.3, -0.25) is 0 Å². The van der Waals surface area contributed by atoms with Gasteiger partial charge in [-0.1, -0.05) is 11.6 Å². The summed E-state index contributed by atoms with van der Waals surface area (Å²) in [6, 6.07) is 1.80. The number of carbonyl (C=O) groups excluding carboxylic acids is 1. The molecule has 1 aliphatic carbocycles. The monoisotopic (exact) mass is 264 g/mol. The molecule has 1 saturated carbocycles. The molecule has 0 bridgehead atoms. The summed E-state index contributed by atoms with van der Waals surface area (Å²) in [5.41, 5.74) is 2.37. The molecule has 0 spiro atoms. The number of esters is 1. The van der Waals surface area contributed by atoms with Crippen molar-refractivity contribution in [2.75, 3.05) is 6.61 Å².